The van der Waals surface area contributed by atoms with Crippen molar-refractivity contribution in [3.8, 4) is 16.9 Å². The molecule has 0 bridgehead atoms. The predicted molar refractivity (Wildman–Crippen MR) is 93.9 cm³/mol. The zero-order valence-corrected chi connectivity index (χ0v) is 13.2. The average molecular weight is 333 g/mol. The Hall–Kier alpha value is -3.74. The van der Waals surface area contributed by atoms with Gasteiger partial charge in [-0.1, -0.05) is 48.5 Å². The summed E-state index contributed by atoms with van der Waals surface area (Å²) in [6.07, 6.45) is 3.22. The lowest BCUT2D eigenvalue weighted by Crippen LogP contribution is -2.32. The van der Waals surface area contributed by atoms with Crippen LogP contribution in [0.2, 0.25) is 0 Å². The van der Waals surface area contributed by atoms with E-state index in [1.54, 1.807) is 10.9 Å². The predicted octanol–water partition coefficient (Wildman–Crippen LogP) is 1.47. The number of hydrogen-bond donors (Lipinski definition) is 2. The SMILES string of the molecule is NC(=O)C(=O)N/N=C\c1cn(-c2ccccc2)nc1-c1ccccc1. The maximum absolute atomic E-state index is 11.2. The molecular weight excluding hydrogens is 318 g/mol. The average Bonchev–Trinajstić information content (AvgIpc) is 3.07. The van der Waals surface area contributed by atoms with Crippen LogP contribution in [0.5, 0.6) is 0 Å². The van der Waals surface area contributed by atoms with Crippen molar-refractivity contribution in [2.45, 2.75) is 0 Å². The van der Waals surface area contributed by atoms with E-state index >= 15 is 0 Å². The number of rotatable bonds is 4. The van der Waals surface area contributed by atoms with Gasteiger partial charge in [0.2, 0.25) is 0 Å². The minimum atomic E-state index is -1.10. The second-order valence-corrected chi connectivity index (χ2v) is 5.14. The smallest absolute Gasteiger partial charge is 0.329 e. The van der Waals surface area contributed by atoms with Gasteiger partial charge in [0.05, 0.1) is 11.9 Å². The van der Waals surface area contributed by atoms with Crippen LogP contribution in [-0.2, 0) is 9.59 Å². The molecule has 0 radical (unpaired) electrons. The number of nitrogens with two attached hydrogens (primary N) is 1. The molecule has 2 amide bonds. The van der Waals surface area contributed by atoms with Gasteiger partial charge in [0.25, 0.3) is 0 Å². The zero-order valence-electron chi connectivity index (χ0n) is 13.2. The number of aromatic nitrogens is 2. The standard InChI is InChI=1S/C18H15N5O2/c19-17(24)18(25)21-20-11-14-12-23(15-9-5-2-6-10-15)22-16(14)13-7-3-1-4-8-13/h1-12H,(H2,19,24)(H,21,25)/b20-11-. The number of nitrogens with one attached hydrogen (secondary N) is 1. The van der Waals surface area contributed by atoms with E-state index in [9.17, 15) is 9.59 Å². The van der Waals surface area contributed by atoms with Crippen LogP contribution in [0.4, 0.5) is 0 Å². The summed E-state index contributed by atoms with van der Waals surface area (Å²) in [5.74, 6) is -2.08. The number of carbonyl (C=O) groups is 2. The molecule has 25 heavy (non-hydrogen) atoms. The fourth-order valence-electron chi connectivity index (χ4n) is 2.23. The number of carbonyl (C=O) groups excluding carboxylic acids is 2. The summed E-state index contributed by atoms with van der Waals surface area (Å²) in [5, 5.41) is 8.38. The number of amides is 2. The molecule has 0 fully saturated rings. The molecule has 124 valence electrons. The molecule has 3 rings (SSSR count). The molecule has 2 aromatic carbocycles. The van der Waals surface area contributed by atoms with Crippen LogP contribution < -0.4 is 11.2 Å². The van der Waals surface area contributed by atoms with Crippen molar-refractivity contribution >= 4 is 18.0 Å². The monoisotopic (exact) mass is 333 g/mol. The third-order valence-corrected chi connectivity index (χ3v) is 3.40. The first-order chi connectivity index (χ1) is 12.1. The summed E-state index contributed by atoms with van der Waals surface area (Å²) in [6, 6.07) is 19.2. The molecule has 0 saturated carbocycles. The van der Waals surface area contributed by atoms with Crippen molar-refractivity contribution in [2.75, 3.05) is 0 Å². The van der Waals surface area contributed by atoms with Crippen molar-refractivity contribution < 1.29 is 9.59 Å². The molecule has 1 heterocycles. The highest BCUT2D eigenvalue weighted by molar-refractivity contribution is 6.34. The summed E-state index contributed by atoms with van der Waals surface area (Å²) >= 11 is 0. The summed E-state index contributed by atoms with van der Waals surface area (Å²) in [7, 11) is 0. The second-order valence-electron chi connectivity index (χ2n) is 5.14. The van der Waals surface area contributed by atoms with Crippen molar-refractivity contribution in [3.63, 3.8) is 0 Å². The molecule has 0 saturated heterocycles. The Morgan fingerprint density at radius 1 is 1.04 bits per heavy atom. The van der Waals surface area contributed by atoms with E-state index in [1.807, 2.05) is 60.7 Å². The summed E-state index contributed by atoms with van der Waals surface area (Å²) in [5.41, 5.74) is 10.1. The van der Waals surface area contributed by atoms with Crippen molar-refractivity contribution in [1.82, 2.24) is 15.2 Å². The van der Waals surface area contributed by atoms with Crippen LogP contribution in [-0.4, -0.2) is 27.8 Å². The largest absolute Gasteiger partial charge is 0.361 e. The highest BCUT2D eigenvalue weighted by Crippen LogP contribution is 2.22. The molecule has 0 aliphatic heterocycles. The van der Waals surface area contributed by atoms with Crippen LogP contribution in [0.15, 0.2) is 72.0 Å². The van der Waals surface area contributed by atoms with E-state index in [0.29, 0.717) is 11.3 Å². The van der Waals surface area contributed by atoms with Gasteiger partial charge >= 0.3 is 11.8 Å². The zero-order chi connectivity index (χ0) is 17.6. The van der Waals surface area contributed by atoms with Crippen LogP contribution in [0, 0.1) is 0 Å². The lowest BCUT2D eigenvalue weighted by atomic mass is 10.1. The lowest BCUT2D eigenvalue weighted by Gasteiger charge is -2.00. The van der Waals surface area contributed by atoms with E-state index in [1.165, 1.54) is 6.21 Å². The first-order valence-electron chi connectivity index (χ1n) is 7.48. The van der Waals surface area contributed by atoms with E-state index in [-0.39, 0.29) is 0 Å². The Balaban J connectivity index is 1.97. The number of benzene rings is 2. The minimum absolute atomic E-state index is 0.680. The van der Waals surface area contributed by atoms with Crippen LogP contribution in [0.3, 0.4) is 0 Å². The molecule has 0 aliphatic rings. The summed E-state index contributed by atoms with van der Waals surface area (Å²) in [4.78, 5) is 21.9. The summed E-state index contributed by atoms with van der Waals surface area (Å²) in [6.45, 7) is 0. The van der Waals surface area contributed by atoms with Gasteiger partial charge in [0.1, 0.15) is 5.69 Å². The Labute approximate surface area is 143 Å². The topological polar surface area (TPSA) is 102 Å². The Kier molecular flexibility index (Phi) is 4.66. The molecule has 1 aromatic heterocycles. The van der Waals surface area contributed by atoms with Crippen LogP contribution in [0.1, 0.15) is 5.56 Å². The van der Waals surface area contributed by atoms with E-state index in [0.717, 1.165) is 11.3 Å². The van der Waals surface area contributed by atoms with Crippen molar-refractivity contribution in [2.24, 2.45) is 10.8 Å². The minimum Gasteiger partial charge on any atom is -0.361 e. The maximum Gasteiger partial charge on any atom is 0.329 e. The first-order valence-corrected chi connectivity index (χ1v) is 7.48. The molecule has 0 unspecified atom stereocenters. The van der Waals surface area contributed by atoms with Crippen LogP contribution in [0.25, 0.3) is 16.9 Å². The van der Waals surface area contributed by atoms with Gasteiger partial charge in [-0.25, -0.2) is 10.1 Å². The highest BCUT2D eigenvalue weighted by Gasteiger charge is 2.11. The Morgan fingerprint density at radius 2 is 1.68 bits per heavy atom. The Bertz CT molecular complexity index is 917. The third-order valence-electron chi connectivity index (χ3n) is 3.40. The van der Waals surface area contributed by atoms with Gasteiger partial charge in [0, 0.05) is 17.3 Å². The van der Waals surface area contributed by atoms with Gasteiger partial charge in [-0.05, 0) is 12.1 Å². The third kappa shape index (κ3) is 3.78. The van der Waals surface area contributed by atoms with Crippen molar-refractivity contribution in [3.05, 3.63) is 72.4 Å². The molecule has 3 aromatic rings. The van der Waals surface area contributed by atoms with E-state index in [4.69, 9.17) is 5.73 Å². The van der Waals surface area contributed by atoms with E-state index in [2.05, 4.69) is 15.6 Å². The van der Waals surface area contributed by atoms with Gasteiger partial charge in [0.15, 0.2) is 0 Å². The normalized spacial score (nSPS) is 10.7. The number of hydrogen-bond acceptors (Lipinski definition) is 4. The van der Waals surface area contributed by atoms with Crippen molar-refractivity contribution in [1.29, 1.82) is 0 Å². The fourth-order valence-corrected chi connectivity index (χ4v) is 2.23. The van der Waals surface area contributed by atoms with Gasteiger partial charge in [-0.3, -0.25) is 9.59 Å². The quantitative estimate of drug-likeness (QED) is 0.429. The van der Waals surface area contributed by atoms with Gasteiger partial charge in [-0.2, -0.15) is 10.2 Å². The number of para-hydroxylation sites is 1. The molecule has 0 atom stereocenters. The first kappa shape index (κ1) is 16.1. The van der Waals surface area contributed by atoms with Gasteiger partial charge in [-0.15, -0.1) is 0 Å². The fraction of sp³-hybridized carbons (Fsp3) is 0. The second kappa shape index (κ2) is 7.22. The van der Waals surface area contributed by atoms with Gasteiger partial charge < -0.3 is 5.73 Å². The number of hydrazone groups is 1. The molecule has 7 nitrogen and oxygen atoms in total. The summed E-state index contributed by atoms with van der Waals surface area (Å²) < 4.78 is 1.72. The molecule has 0 aliphatic carbocycles. The molecule has 0 spiro atoms. The molecule has 3 N–H and O–H groups in total. The number of nitrogens with zero attached hydrogens (tertiary/aromatic N) is 3. The highest BCUT2D eigenvalue weighted by atomic mass is 16.2. The van der Waals surface area contributed by atoms with Crippen LogP contribution >= 0.6 is 0 Å². The van der Waals surface area contributed by atoms with E-state index < -0.39 is 11.8 Å². The maximum atomic E-state index is 11.2. The Morgan fingerprint density at radius 3 is 2.32 bits per heavy atom. The number of primary amides is 1. The lowest BCUT2D eigenvalue weighted by molar-refractivity contribution is -0.137. The molecular formula is C18H15N5O2. The molecule has 7 heteroatoms.